The van der Waals surface area contributed by atoms with Crippen molar-refractivity contribution in [3.05, 3.63) is 0 Å². The molecule has 0 aliphatic rings. The molecule has 0 spiro atoms. The molecular formula is C12H27NO2S. The predicted octanol–water partition coefficient (Wildman–Crippen LogP) is 2.23. The molecule has 0 bridgehead atoms. The van der Waals surface area contributed by atoms with Crippen LogP contribution in [-0.4, -0.2) is 33.0 Å². The maximum Gasteiger partial charge on any atom is 0.150 e. The molecule has 0 aromatic carbocycles. The van der Waals surface area contributed by atoms with Gasteiger partial charge in [0.05, 0.1) is 5.75 Å². The SMILES string of the molecule is CCC(C)(C)C(CCCS(=O)(=O)CC)NC. The van der Waals surface area contributed by atoms with Crippen LogP contribution in [0.1, 0.15) is 47.0 Å². The van der Waals surface area contributed by atoms with Crippen LogP contribution in [0.4, 0.5) is 0 Å². The van der Waals surface area contributed by atoms with Crippen LogP contribution in [0.15, 0.2) is 0 Å². The van der Waals surface area contributed by atoms with E-state index in [-0.39, 0.29) is 11.2 Å². The van der Waals surface area contributed by atoms with Gasteiger partial charge in [-0.2, -0.15) is 0 Å². The van der Waals surface area contributed by atoms with Crippen LogP contribution < -0.4 is 5.32 Å². The minimum Gasteiger partial charge on any atom is -0.316 e. The lowest BCUT2D eigenvalue weighted by Gasteiger charge is -2.33. The molecule has 4 heteroatoms. The van der Waals surface area contributed by atoms with Gasteiger partial charge >= 0.3 is 0 Å². The molecule has 0 fully saturated rings. The van der Waals surface area contributed by atoms with Crippen LogP contribution in [0.2, 0.25) is 0 Å². The monoisotopic (exact) mass is 249 g/mol. The van der Waals surface area contributed by atoms with Crippen molar-refractivity contribution in [2.24, 2.45) is 5.41 Å². The van der Waals surface area contributed by atoms with Gasteiger partial charge in [-0.3, -0.25) is 0 Å². The maximum absolute atomic E-state index is 11.4. The first-order valence-electron chi connectivity index (χ1n) is 6.16. The Bertz CT molecular complexity index is 283. The fourth-order valence-corrected chi connectivity index (χ4v) is 2.72. The largest absolute Gasteiger partial charge is 0.316 e. The third-order valence-corrected chi connectivity index (χ3v) is 5.38. The molecule has 0 rings (SSSR count). The lowest BCUT2D eigenvalue weighted by molar-refractivity contribution is 0.229. The molecule has 0 aliphatic heterocycles. The molecule has 16 heavy (non-hydrogen) atoms. The van der Waals surface area contributed by atoms with Crippen LogP contribution in [-0.2, 0) is 9.84 Å². The van der Waals surface area contributed by atoms with E-state index in [1.807, 2.05) is 7.05 Å². The van der Waals surface area contributed by atoms with Gasteiger partial charge in [0.25, 0.3) is 0 Å². The summed E-state index contributed by atoms with van der Waals surface area (Å²) in [4.78, 5) is 0. The topological polar surface area (TPSA) is 46.2 Å². The summed E-state index contributed by atoms with van der Waals surface area (Å²) in [6.07, 6.45) is 2.78. The van der Waals surface area contributed by atoms with E-state index in [1.54, 1.807) is 6.92 Å². The Morgan fingerprint density at radius 3 is 2.19 bits per heavy atom. The first-order valence-corrected chi connectivity index (χ1v) is 7.99. The van der Waals surface area contributed by atoms with E-state index >= 15 is 0 Å². The van der Waals surface area contributed by atoms with Gasteiger partial charge < -0.3 is 5.32 Å². The minimum absolute atomic E-state index is 0.227. The molecule has 1 N–H and O–H groups in total. The summed E-state index contributed by atoms with van der Waals surface area (Å²) in [5.41, 5.74) is 0.227. The lowest BCUT2D eigenvalue weighted by Crippen LogP contribution is -2.39. The second-order valence-corrected chi connectivity index (χ2v) is 7.53. The van der Waals surface area contributed by atoms with Crippen molar-refractivity contribution < 1.29 is 8.42 Å². The quantitative estimate of drug-likeness (QED) is 0.717. The maximum atomic E-state index is 11.4. The number of hydrogen-bond acceptors (Lipinski definition) is 3. The Morgan fingerprint density at radius 1 is 1.25 bits per heavy atom. The molecule has 0 amide bonds. The van der Waals surface area contributed by atoms with Crippen molar-refractivity contribution in [2.75, 3.05) is 18.6 Å². The molecule has 0 saturated carbocycles. The Morgan fingerprint density at radius 2 is 1.81 bits per heavy atom. The Hall–Kier alpha value is -0.0900. The second kappa shape index (κ2) is 6.60. The Labute approximate surface area is 101 Å². The summed E-state index contributed by atoms with van der Waals surface area (Å²) in [6.45, 7) is 8.33. The summed E-state index contributed by atoms with van der Waals surface area (Å²) in [5.74, 6) is 0.579. The number of hydrogen-bond donors (Lipinski definition) is 1. The zero-order chi connectivity index (χ0) is 12.8. The highest BCUT2D eigenvalue weighted by atomic mass is 32.2. The average molecular weight is 249 g/mol. The van der Waals surface area contributed by atoms with Gasteiger partial charge in [0.2, 0.25) is 0 Å². The first kappa shape index (κ1) is 15.9. The first-order chi connectivity index (χ1) is 7.29. The predicted molar refractivity (Wildman–Crippen MR) is 70.5 cm³/mol. The molecule has 98 valence electrons. The molecule has 3 nitrogen and oxygen atoms in total. The number of sulfone groups is 1. The molecule has 0 saturated heterocycles. The normalized spacial score (nSPS) is 15.1. The summed E-state index contributed by atoms with van der Waals surface area (Å²) in [5, 5.41) is 3.30. The second-order valence-electron chi connectivity index (χ2n) is 5.06. The molecule has 1 atom stereocenters. The van der Waals surface area contributed by atoms with E-state index < -0.39 is 9.84 Å². The third kappa shape index (κ3) is 5.30. The minimum atomic E-state index is -2.80. The fraction of sp³-hybridized carbons (Fsp3) is 1.00. The van der Waals surface area contributed by atoms with Crippen LogP contribution in [0.3, 0.4) is 0 Å². The van der Waals surface area contributed by atoms with Crippen LogP contribution >= 0.6 is 0 Å². The summed E-state index contributed by atoms with van der Waals surface area (Å²) >= 11 is 0. The average Bonchev–Trinajstić information content (AvgIpc) is 2.24. The molecule has 0 aromatic rings. The fourth-order valence-electron chi connectivity index (χ4n) is 1.82. The molecule has 0 aromatic heterocycles. The smallest absolute Gasteiger partial charge is 0.150 e. The highest BCUT2D eigenvalue weighted by molar-refractivity contribution is 7.91. The van der Waals surface area contributed by atoms with Gasteiger partial charge in [-0.15, -0.1) is 0 Å². The van der Waals surface area contributed by atoms with Crippen LogP contribution in [0.5, 0.6) is 0 Å². The van der Waals surface area contributed by atoms with Crippen LogP contribution in [0.25, 0.3) is 0 Å². The van der Waals surface area contributed by atoms with Gasteiger partial charge in [0.15, 0.2) is 0 Å². The molecular weight excluding hydrogens is 222 g/mol. The van der Waals surface area contributed by atoms with E-state index in [4.69, 9.17) is 0 Å². The van der Waals surface area contributed by atoms with Gasteiger partial charge in [0, 0.05) is 11.8 Å². The number of nitrogens with one attached hydrogen (secondary N) is 1. The number of rotatable bonds is 8. The highest BCUT2D eigenvalue weighted by Crippen LogP contribution is 2.27. The molecule has 0 aliphatic carbocycles. The summed E-state index contributed by atoms with van der Waals surface area (Å²) in [6, 6.07) is 0.393. The van der Waals surface area contributed by atoms with Crippen molar-refractivity contribution in [1.29, 1.82) is 0 Å². The van der Waals surface area contributed by atoms with E-state index in [1.165, 1.54) is 0 Å². The molecule has 0 radical (unpaired) electrons. The van der Waals surface area contributed by atoms with Gasteiger partial charge in [-0.1, -0.05) is 27.7 Å². The zero-order valence-corrected chi connectivity index (χ0v) is 12.2. The highest BCUT2D eigenvalue weighted by Gasteiger charge is 2.26. The van der Waals surface area contributed by atoms with Gasteiger partial charge in [-0.25, -0.2) is 8.42 Å². The van der Waals surface area contributed by atoms with Crippen molar-refractivity contribution in [2.45, 2.75) is 53.0 Å². The van der Waals surface area contributed by atoms with Gasteiger partial charge in [0.1, 0.15) is 9.84 Å². The van der Waals surface area contributed by atoms with E-state index in [0.29, 0.717) is 11.8 Å². The van der Waals surface area contributed by atoms with Gasteiger partial charge in [-0.05, 0) is 31.7 Å². The summed E-state index contributed by atoms with van der Waals surface area (Å²) < 4.78 is 22.7. The third-order valence-electron chi connectivity index (χ3n) is 3.59. The Balaban J connectivity index is 4.18. The standard InChI is InChI=1S/C12H27NO2S/c1-6-12(3,4)11(13-5)9-8-10-16(14,15)7-2/h11,13H,6-10H2,1-5H3. The Kier molecular flexibility index (Phi) is 6.56. The van der Waals surface area contributed by atoms with E-state index in [9.17, 15) is 8.42 Å². The van der Waals surface area contributed by atoms with Crippen molar-refractivity contribution in [1.82, 2.24) is 5.32 Å². The lowest BCUT2D eigenvalue weighted by atomic mass is 9.80. The zero-order valence-electron chi connectivity index (χ0n) is 11.3. The molecule has 0 heterocycles. The van der Waals surface area contributed by atoms with E-state index in [2.05, 4.69) is 26.1 Å². The van der Waals surface area contributed by atoms with Crippen molar-refractivity contribution in [3.8, 4) is 0 Å². The van der Waals surface area contributed by atoms with Crippen molar-refractivity contribution >= 4 is 9.84 Å². The van der Waals surface area contributed by atoms with Crippen molar-refractivity contribution in [3.63, 3.8) is 0 Å². The molecule has 1 unspecified atom stereocenters. The van der Waals surface area contributed by atoms with Crippen LogP contribution in [0, 0.1) is 5.41 Å². The summed E-state index contributed by atoms with van der Waals surface area (Å²) in [7, 11) is -0.849. The van der Waals surface area contributed by atoms with E-state index in [0.717, 1.165) is 19.3 Å².